The van der Waals surface area contributed by atoms with Crippen molar-refractivity contribution in [1.29, 1.82) is 0 Å². The third-order valence-corrected chi connectivity index (χ3v) is 6.45. The number of halogens is 1. The summed E-state index contributed by atoms with van der Waals surface area (Å²) in [5.41, 5.74) is 0.896. The van der Waals surface area contributed by atoms with Gasteiger partial charge in [-0.15, -0.1) is 0 Å². The number of ether oxygens (including phenoxy) is 3. The minimum atomic E-state index is -1.08. The Morgan fingerprint density at radius 3 is 2.38 bits per heavy atom. The molecule has 1 aliphatic heterocycles. The Morgan fingerprint density at radius 1 is 0.974 bits per heavy atom. The number of methoxy groups -OCH3 is 2. The van der Waals surface area contributed by atoms with Gasteiger partial charge in [0, 0.05) is 29.1 Å². The Hall–Kier alpha value is -4.76. The van der Waals surface area contributed by atoms with Crippen LogP contribution in [0, 0.1) is 0 Å². The molecule has 39 heavy (non-hydrogen) atoms. The molecule has 0 saturated heterocycles. The number of hydrogen-bond acceptors (Lipinski definition) is 8. The van der Waals surface area contributed by atoms with E-state index in [1.54, 1.807) is 54.6 Å². The maximum atomic E-state index is 13.9. The van der Waals surface area contributed by atoms with Crippen molar-refractivity contribution < 1.29 is 38.1 Å². The second-order valence-electron chi connectivity index (χ2n) is 8.67. The zero-order valence-electron chi connectivity index (χ0n) is 21.1. The van der Waals surface area contributed by atoms with Crippen molar-refractivity contribution in [3.05, 3.63) is 94.4 Å². The number of anilines is 1. The largest absolute Gasteiger partial charge is 0.503 e. The van der Waals surface area contributed by atoms with Crippen LogP contribution in [0.1, 0.15) is 29.1 Å². The minimum Gasteiger partial charge on any atom is -0.503 e. The van der Waals surface area contributed by atoms with Crippen LogP contribution in [0.5, 0.6) is 17.2 Å². The summed E-state index contributed by atoms with van der Waals surface area (Å²) in [6.07, 6.45) is 0. The molecule has 3 aromatic carbocycles. The fourth-order valence-corrected chi connectivity index (χ4v) is 4.77. The maximum Gasteiger partial charge on any atom is 0.308 e. The normalized spacial score (nSPS) is 15.1. The Kier molecular flexibility index (Phi) is 6.76. The monoisotopic (exact) mass is 547 g/mol. The number of amides is 1. The molecular weight excluding hydrogens is 526 g/mol. The highest BCUT2D eigenvalue weighted by Crippen LogP contribution is 2.44. The molecule has 1 N–H and O–H groups in total. The number of carbonyl (C=O) groups excluding carboxylic acids is 3. The lowest BCUT2D eigenvalue weighted by atomic mass is 9.94. The van der Waals surface area contributed by atoms with Crippen molar-refractivity contribution in [3.8, 4) is 17.2 Å². The molecule has 0 bridgehead atoms. The van der Waals surface area contributed by atoms with E-state index in [1.165, 1.54) is 38.2 Å². The highest BCUT2D eigenvalue weighted by Gasteiger charge is 2.45. The number of furan rings is 1. The Morgan fingerprint density at radius 2 is 1.72 bits per heavy atom. The number of carbonyl (C=O) groups is 3. The van der Waals surface area contributed by atoms with Gasteiger partial charge in [0.2, 0.25) is 5.78 Å². The van der Waals surface area contributed by atoms with Gasteiger partial charge in [-0.2, -0.15) is 0 Å². The number of rotatable bonds is 7. The molecule has 1 amide bonds. The van der Waals surface area contributed by atoms with Gasteiger partial charge < -0.3 is 23.7 Å². The van der Waals surface area contributed by atoms with Crippen LogP contribution in [0.3, 0.4) is 0 Å². The van der Waals surface area contributed by atoms with Gasteiger partial charge in [-0.25, -0.2) is 0 Å². The summed E-state index contributed by atoms with van der Waals surface area (Å²) in [4.78, 5) is 40.2. The van der Waals surface area contributed by atoms with Gasteiger partial charge in [0.1, 0.15) is 11.5 Å². The lowest BCUT2D eigenvalue weighted by Gasteiger charge is -2.27. The first-order valence-electron chi connectivity index (χ1n) is 11.7. The van der Waals surface area contributed by atoms with Crippen molar-refractivity contribution in [2.75, 3.05) is 19.1 Å². The zero-order valence-corrected chi connectivity index (χ0v) is 21.8. The van der Waals surface area contributed by atoms with Crippen molar-refractivity contribution in [1.82, 2.24) is 0 Å². The molecule has 10 heteroatoms. The number of aliphatic hydroxyl groups excluding tert-OH is 1. The lowest BCUT2D eigenvalue weighted by Crippen LogP contribution is -2.31. The fraction of sp³-hybridized carbons (Fsp3) is 0.138. The van der Waals surface area contributed by atoms with E-state index in [0.717, 1.165) is 0 Å². The number of fused-ring (bicyclic) bond motifs is 1. The number of ketones is 1. The molecule has 0 saturated carbocycles. The summed E-state index contributed by atoms with van der Waals surface area (Å²) >= 11 is 6.17. The van der Waals surface area contributed by atoms with Crippen LogP contribution in [-0.4, -0.2) is 37.0 Å². The summed E-state index contributed by atoms with van der Waals surface area (Å²) < 4.78 is 21.6. The fourth-order valence-electron chi connectivity index (χ4n) is 4.56. The van der Waals surface area contributed by atoms with Crippen molar-refractivity contribution in [2.24, 2.45) is 0 Å². The number of hydrogen-bond donors (Lipinski definition) is 1. The SMILES string of the molecule is COc1ccc(N2C(=O)C(O)=C(C(=O)c3cc4cc(Cl)cc(OC)c4o3)C2c2cccc(OC(C)=O)c2)cc1. The van der Waals surface area contributed by atoms with Gasteiger partial charge in [-0.3, -0.25) is 19.3 Å². The average molecular weight is 548 g/mol. The summed E-state index contributed by atoms with van der Waals surface area (Å²) in [7, 11) is 2.96. The molecule has 9 nitrogen and oxygen atoms in total. The average Bonchev–Trinajstić information content (AvgIpc) is 3.46. The molecule has 1 aromatic heterocycles. The van der Waals surface area contributed by atoms with Crippen molar-refractivity contribution in [3.63, 3.8) is 0 Å². The number of aliphatic hydroxyl groups is 1. The number of Topliss-reactive ketones (excluding diaryl/α,β-unsaturated/α-hetero) is 1. The Balaban J connectivity index is 1.66. The molecule has 1 aliphatic rings. The van der Waals surface area contributed by atoms with E-state index >= 15 is 0 Å². The van der Waals surface area contributed by atoms with Gasteiger partial charge in [-0.1, -0.05) is 23.7 Å². The van der Waals surface area contributed by atoms with Gasteiger partial charge in [0.15, 0.2) is 22.9 Å². The molecule has 198 valence electrons. The van der Waals surface area contributed by atoms with Crippen LogP contribution >= 0.6 is 11.6 Å². The molecule has 0 radical (unpaired) electrons. The van der Waals surface area contributed by atoms with E-state index in [0.29, 0.717) is 33.2 Å². The van der Waals surface area contributed by atoms with E-state index in [9.17, 15) is 19.5 Å². The van der Waals surface area contributed by atoms with E-state index in [4.69, 9.17) is 30.2 Å². The Labute approximate surface area is 227 Å². The highest BCUT2D eigenvalue weighted by atomic mass is 35.5. The molecule has 4 aromatic rings. The lowest BCUT2D eigenvalue weighted by molar-refractivity contribution is -0.131. The minimum absolute atomic E-state index is 0.127. The van der Waals surface area contributed by atoms with Crippen LogP contribution in [-0.2, 0) is 9.59 Å². The predicted molar refractivity (Wildman–Crippen MR) is 143 cm³/mol. The van der Waals surface area contributed by atoms with Crippen LogP contribution in [0.15, 0.2) is 82.5 Å². The summed E-state index contributed by atoms with van der Waals surface area (Å²) in [6.45, 7) is 1.26. The third-order valence-electron chi connectivity index (χ3n) is 6.23. The van der Waals surface area contributed by atoms with Gasteiger partial charge in [0.05, 0.1) is 25.8 Å². The van der Waals surface area contributed by atoms with E-state index < -0.39 is 29.5 Å². The van der Waals surface area contributed by atoms with Crippen LogP contribution < -0.4 is 19.1 Å². The number of nitrogens with zero attached hydrogens (tertiary/aromatic N) is 1. The first-order valence-corrected chi connectivity index (χ1v) is 12.1. The van der Waals surface area contributed by atoms with Crippen molar-refractivity contribution in [2.45, 2.75) is 13.0 Å². The topological polar surface area (TPSA) is 116 Å². The standard InChI is InChI=1S/C29H22ClNO8/c1-15(32)38-21-6-4-5-16(12-21)25-24(27(34)29(35)31(25)19-7-9-20(36-2)10-8-19)26(33)22-13-17-11-18(30)14-23(37-3)28(17)39-22/h4-14,25,34H,1-3H3. The van der Waals surface area contributed by atoms with Gasteiger partial charge in [0.25, 0.3) is 5.91 Å². The van der Waals surface area contributed by atoms with Gasteiger partial charge >= 0.3 is 5.97 Å². The molecule has 0 aliphatic carbocycles. The summed E-state index contributed by atoms with van der Waals surface area (Å²) in [6, 6.07) is 16.5. The molecular formula is C29H22ClNO8. The van der Waals surface area contributed by atoms with Gasteiger partial charge in [-0.05, 0) is 54.1 Å². The summed E-state index contributed by atoms with van der Waals surface area (Å²) in [5.74, 6) is -1.81. The predicted octanol–water partition coefficient (Wildman–Crippen LogP) is 5.81. The van der Waals surface area contributed by atoms with E-state index in [2.05, 4.69) is 0 Å². The second-order valence-corrected chi connectivity index (χ2v) is 9.11. The first kappa shape index (κ1) is 25.9. The zero-order chi connectivity index (χ0) is 27.8. The van der Waals surface area contributed by atoms with Crippen LogP contribution in [0.2, 0.25) is 5.02 Å². The molecule has 0 fully saturated rings. The molecule has 5 rings (SSSR count). The molecule has 2 heterocycles. The number of esters is 1. The van der Waals surface area contributed by atoms with Crippen molar-refractivity contribution >= 4 is 45.9 Å². The summed E-state index contributed by atoms with van der Waals surface area (Å²) in [5, 5.41) is 11.9. The number of benzene rings is 3. The molecule has 1 atom stereocenters. The molecule has 1 unspecified atom stereocenters. The highest BCUT2D eigenvalue weighted by molar-refractivity contribution is 6.31. The van der Waals surface area contributed by atoms with Crippen LogP contribution in [0.4, 0.5) is 5.69 Å². The quantitative estimate of drug-likeness (QED) is 0.175. The first-order chi connectivity index (χ1) is 18.7. The van der Waals surface area contributed by atoms with Crippen LogP contribution in [0.25, 0.3) is 11.0 Å². The maximum absolute atomic E-state index is 13.9. The smallest absolute Gasteiger partial charge is 0.308 e. The molecule has 0 spiro atoms. The third kappa shape index (κ3) is 4.68. The second kappa shape index (κ2) is 10.2. The Bertz CT molecular complexity index is 1650. The van der Waals surface area contributed by atoms with E-state index in [-0.39, 0.29) is 22.7 Å². The van der Waals surface area contributed by atoms with E-state index in [1.807, 2.05) is 0 Å².